The van der Waals surface area contributed by atoms with E-state index < -0.39 is 0 Å². The molecule has 0 bridgehead atoms. The number of aromatic nitrogens is 1. The molecule has 2 aromatic rings. The van der Waals surface area contributed by atoms with Gasteiger partial charge in [-0.3, -0.25) is 9.78 Å². The number of aryl methyl sites for hydroxylation is 1. The average Bonchev–Trinajstić information content (AvgIpc) is 2.50. The Balaban J connectivity index is 2.09. The van der Waals surface area contributed by atoms with Gasteiger partial charge in [-0.25, -0.2) is 0 Å². The van der Waals surface area contributed by atoms with Crippen LogP contribution < -0.4 is 10.6 Å². The maximum absolute atomic E-state index is 12.0. The van der Waals surface area contributed by atoms with Crippen LogP contribution in [0.1, 0.15) is 15.9 Å². The van der Waals surface area contributed by atoms with Crippen LogP contribution in [0, 0.1) is 6.92 Å². The summed E-state index contributed by atoms with van der Waals surface area (Å²) in [6.45, 7) is 2.98. The quantitative estimate of drug-likeness (QED) is 0.773. The summed E-state index contributed by atoms with van der Waals surface area (Å²) < 4.78 is 5.87. The Morgan fingerprint density at radius 3 is 2.86 bits per heavy atom. The molecular weight excluding hydrogens is 346 g/mol. The summed E-state index contributed by atoms with van der Waals surface area (Å²) in [6, 6.07) is 7.78. The molecule has 0 radical (unpaired) electrons. The fourth-order valence-electron chi connectivity index (χ4n) is 1.88. The van der Waals surface area contributed by atoms with E-state index in [1.165, 1.54) is 11.8 Å². The smallest absolute Gasteiger partial charge is 0.253 e. The van der Waals surface area contributed by atoms with E-state index in [2.05, 4.69) is 31.5 Å². The number of hydrogen-bond donors (Lipinski definition) is 2. The zero-order valence-corrected chi connectivity index (χ0v) is 14.1. The fourth-order valence-corrected chi connectivity index (χ4v) is 2.47. The molecule has 2 rings (SSSR count). The van der Waals surface area contributed by atoms with Gasteiger partial charge in [0, 0.05) is 24.3 Å². The SMILES string of the molecule is COCCNC(=O)c1cncc(Nc2ccc(C)cc2Br)c1. The first-order valence-corrected chi connectivity index (χ1v) is 7.65. The highest BCUT2D eigenvalue weighted by Crippen LogP contribution is 2.26. The lowest BCUT2D eigenvalue weighted by molar-refractivity contribution is 0.0937. The molecule has 0 spiro atoms. The van der Waals surface area contributed by atoms with Crippen LogP contribution in [0.25, 0.3) is 0 Å². The fraction of sp³-hybridized carbons (Fsp3) is 0.250. The molecule has 0 saturated heterocycles. The number of hydrogen-bond acceptors (Lipinski definition) is 4. The molecule has 0 unspecified atom stereocenters. The molecule has 1 amide bonds. The van der Waals surface area contributed by atoms with E-state index >= 15 is 0 Å². The number of ether oxygens (including phenoxy) is 1. The van der Waals surface area contributed by atoms with Gasteiger partial charge in [0.2, 0.25) is 0 Å². The van der Waals surface area contributed by atoms with E-state index in [4.69, 9.17) is 4.74 Å². The number of benzene rings is 1. The van der Waals surface area contributed by atoms with Gasteiger partial charge in [-0.15, -0.1) is 0 Å². The lowest BCUT2D eigenvalue weighted by atomic mass is 10.2. The third kappa shape index (κ3) is 4.54. The molecule has 6 heteroatoms. The van der Waals surface area contributed by atoms with E-state index in [0.717, 1.165) is 15.8 Å². The molecule has 2 N–H and O–H groups in total. The van der Waals surface area contributed by atoms with Crippen LogP contribution in [0.2, 0.25) is 0 Å². The van der Waals surface area contributed by atoms with Crippen molar-refractivity contribution in [1.82, 2.24) is 10.3 Å². The maximum Gasteiger partial charge on any atom is 0.253 e. The Labute approximate surface area is 138 Å². The molecule has 0 aliphatic rings. The Hall–Kier alpha value is -1.92. The van der Waals surface area contributed by atoms with Crippen molar-refractivity contribution in [2.45, 2.75) is 6.92 Å². The lowest BCUT2D eigenvalue weighted by Crippen LogP contribution is -2.27. The first kappa shape index (κ1) is 16.5. The second-order valence-electron chi connectivity index (χ2n) is 4.82. The lowest BCUT2D eigenvalue weighted by Gasteiger charge is -2.10. The van der Waals surface area contributed by atoms with Crippen LogP contribution in [0.15, 0.2) is 41.1 Å². The van der Waals surface area contributed by atoms with Crippen molar-refractivity contribution in [3.63, 3.8) is 0 Å². The van der Waals surface area contributed by atoms with Crippen molar-refractivity contribution in [2.24, 2.45) is 0 Å². The van der Waals surface area contributed by atoms with Crippen LogP contribution in [-0.4, -0.2) is 31.2 Å². The van der Waals surface area contributed by atoms with Crippen LogP contribution in [0.5, 0.6) is 0 Å². The molecule has 0 aliphatic heterocycles. The maximum atomic E-state index is 12.0. The number of carbonyl (C=O) groups excluding carboxylic acids is 1. The number of anilines is 2. The van der Waals surface area contributed by atoms with Crippen molar-refractivity contribution in [1.29, 1.82) is 0 Å². The molecule has 0 atom stereocenters. The van der Waals surface area contributed by atoms with Gasteiger partial charge in [0.25, 0.3) is 5.91 Å². The number of halogens is 1. The van der Waals surface area contributed by atoms with Crippen LogP contribution >= 0.6 is 15.9 Å². The molecule has 1 aromatic heterocycles. The van der Waals surface area contributed by atoms with Crippen LogP contribution in [-0.2, 0) is 4.74 Å². The van der Waals surface area contributed by atoms with Gasteiger partial charge in [-0.2, -0.15) is 0 Å². The van der Waals surface area contributed by atoms with Gasteiger partial charge >= 0.3 is 0 Å². The molecule has 116 valence electrons. The second kappa shape index (κ2) is 7.91. The highest BCUT2D eigenvalue weighted by molar-refractivity contribution is 9.10. The minimum Gasteiger partial charge on any atom is -0.383 e. The molecule has 0 aliphatic carbocycles. The molecule has 1 heterocycles. The summed E-state index contributed by atoms with van der Waals surface area (Å²) in [5.74, 6) is -0.170. The van der Waals surface area contributed by atoms with Crippen LogP contribution in [0.4, 0.5) is 11.4 Å². The average molecular weight is 364 g/mol. The number of amides is 1. The predicted molar refractivity (Wildman–Crippen MR) is 90.6 cm³/mol. The van der Waals surface area contributed by atoms with Gasteiger partial charge in [0.1, 0.15) is 0 Å². The first-order valence-electron chi connectivity index (χ1n) is 6.85. The number of rotatable bonds is 6. The third-order valence-corrected chi connectivity index (χ3v) is 3.65. The Bertz CT molecular complexity index is 662. The number of pyridine rings is 1. The van der Waals surface area contributed by atoms with Gasteiger partial charge in [-0.1, -0.05) is 6.07 Å². The van der Waals surface area contributed by atoms with Gasteiger partial charge in [0.15, 0.2) is 0 Å². The largest absolute Gasteiger partial charge is 0.383 e. The summed E-state index contributed by atoms with van der Waals surface area (Å²) in [5, 5.41) is 6.02. The van der Waals surface area contributed by atoms with Gasteiger partial charge < -0.3 is 15.4 Å². The molecule has 0 fully saturated rings. The topological polar surface area (TPSA) is 63.2 Å². The van der Waals surface area contributed by atoms with E-state index in [0.29, 0.717) is 18.7 Å². The van der Waals surface area contributed by atoms with Crippen LogP contribution in [0.3, 0.4) is 0 Å². The van der Waals surface area contributed by atoms with Crippen molar-refractivity contribution in [3.05, 3.63) is 52.3 Å². The third-order valence-electron chi connectivity index (χ3n) is 3.00. The molecule has 5 nitrogen and oxygen atoms in total. The number of nitrogens with one attached hydrogen (secondary N) is 2. The summed E-state index contributed by atoms with van der Waals surface area (Å²) >= 11 is 3.52. The highest BCUT2D eigenvalue weighted by Gasteiger charge is 2.07. The van der Waals surface area contributed by atoms with Crippen molar-refractivity contribution < 1.29 is 9.53 Å². The number of nitrogens with zero attached hydrogens (tertiary/aromatic N) is 1. The Morgan fingerprint density at radius 1 is 1.32 bits per heavy atom. The highest BCUT2D eigenvalue weighted by atomic mass is 79.9. The zero-order valence-electron chi connectivity index (χ0n) is 12.5. The molecule has 1 aromatic carbocycles. The molecule has 0 saturated carbocycles. The van der Waals surface area contributed by atoms with Crippen molar-refractivity contribution in [3.8, 4) is 0 Å². The summed E-state index contributed by atoms with van der Waals surface area (Å²) in [6.07, 6.45) is 3.22. The van der Waals surface area contributed by atoms with E-state index in [-0.39, 0.29) is 5.91 Å². The summed E-state index contributed by atoms with van der Waals surface area (Å²) in [4.78, 5) is 16.1. The predicted octanol–water partition coefficient (Wildman–Crippen LogP) is 3.27. The Morgan fingerprint density at radius 2 is 2.14 bits per heavy atom. The monoisotopic (exact) mass is 363 g/mol. The summed E-state index contributed by atoms with van der Waals surface area (Å²) in [7, 11) is 1.59. The Kier molecular flexibility index (Phi) is 5.91. The van der Waals surface area contributed by atoms with Gasteiger partial charge in [-0.05, 0) is 46.6 Å². The summed E-state index contributed by atoms with van der Waals surface area (Å²) in [5.41, 5.74) is 3.35. The van der Waals surface area contributed by atoms with E-state index in [9.17, 15) is 4.79 Å². The van der Waals surface area contributed by atoms with Gasteiger partial charge in [0.05, 0.1) is 29.7 Å². The van der Waals surface area contributed by atoms with Crippen molar-refractivity contribution >= 4 is 33.2 Å². The standard InChI is InChI=1S/C16H18BrN3O2/c1-11-3-4-15(14(17)7-11)20-13-8-12(9-18-10-13)16(21)19-5-6-22-2/h3-4,7-10,20H,5-6H2,1-2H3,(H,19,21). The van der Waals surface area contributed by atoms with E-state index in [1.807, 2.05) is 25.1 Å². The normalized spacial score (nSPS) is 10.3. The number of methoxy groups -OCH3 is 1. The second-order valence-corrected chi connectivity index (χ2v) is 5.67. The minimum atomic E-state index is -0.170. The molecular formula is C16H18BrN3O2. The first-order chi connectivity index (χ1) is 10.6. The zero-order chi connectivity index (χ0) is 15.9. The number of carbonyl (C=O) groups is 1. The minimum absolute atomic E-state index is 0.170. The van der Waals surface area contributed by atoms with Crippen molar-refractivity contribution in [2.75, 3.05) is 25.6 Å². The molecule has 22 heavy (non-hydrogen) atoms. The van der Waals surface area contributed by atoms with E-state index in [1.54, 1.807) is 19.4 Å².